The van der Waals surface area contributed by atoms with Crippen LogP contribution in [0.25, 0.3) is 0 Å². The summed E-state index contributed by atoms with van der Waals surface area (Å²) in [4.78, 5) is 19.2. The molecule has 1 aliphatic heterocycles. The lowest BCUT2D eigenvalue weighted by Crippen LogP contribution is -2.40. The summed E-state index contributed by atoms with van der Waals surface area (Å²) >= 11 is 0. The SMILES string of the molecule is CCNC(=NCc1c(O)ccc2c1CCCC2)NCC1CC(=O)N(CCc2ccccc2)C1. The normalized spacial score (nSPS) is 18.3. The number of aliphatic imine (C=N–C) groups is 1. The monoisotopic (exact) mass is 448 g/mol. The molecule has 1 atom stereocenters. The number of nitrogens with one attached hydrogen (secondary N) is 2. The molecule has 1 aliphatic carbocycles. The molecule has 0 radical (unpaired) electrons. The van der Waals surface area contributed by atoms with Gasteiger partial charge in [0.15, 0.2) is 5.96 Å². The van der Waals surface area contributed by atoms with Crippen molar-refractivity contribution in [2.75, 3.05) is 26.2 Å². The molecule has 4 rings (SSSR count). The van der Waals surface area contributed by atoms with Gasteiger partial charge in [0, 0.05) is 44.1 Å². The lowest BCUT2D eigenvalue weighted by atomic mass is 9.88. The van der Waals surface area contributed by atoms with E-state index in [-0.39, 0.29) is 11.8 Å². The number of nitrogens with zero attached hydrogens (tertiary/aromatic N) is 2. The van der Waals surface area contributed by atoms with E-state index >= 15 is 0 Å². The van der Waals surface area contributed by atoms with Crippen LogP contribution in [0.1, 0.15) is 48.4 Å². The van der Waals surface area contributed by atoms with Gasteiger partial charge in [-0.1, -0.05) is 36.4 Å². The van der Waals surface area contributed by atoms with Crippen LogP contribution in [0.3, 0.4) is 0 Å². The van der Waals surface area contributed by atoms with Gasteiger partial charge in [0.2, 0.25) is 5.91 Å². The van der Waals surface area contributed by atoms with Crippen molar-refractivity contribution in [1.82, 2.24) is 15.5 Å². The van der Waals surface area contributed by atoms with E-state index in [1.165, 1.54) is 29.5 Å². The highest BCUT2D eigenvalue weighted by Gasteiger charge is 2.29. The third-order valence-corrected chi connectivity index (χ3v) is 6.73. The predicted octanol–water partition coefficient (Wildman–Crippen LogP) is 3.42. The molecule has 1 unspecified atom stereocenters. The molecule has 2 aliphatic rings. The number of likely N-dealkylation sites (tertiary alicyclic amines) is 1. The number of carbonyl (C=O) groups is 1. The number of amides is 1. The predicted molar refractivity (Wildman–Crippen MR) is 132 cm³/mol. The van der Waals surface area contributed by atoms with Gasteiger partial charge in [0.1, 0.15) is 5.75 Å². The third-order valence-electron chi connectivity index (χ3n) is 6.73. The van der Waals surface area contributed by atoms with E-state index in [0.29, 0.717) is 25.3 Å². The number of fused-ring (bicyclic) bond motifs is 1. The number of phenolic OH excluding ortho intramolecular Hbond substituents is 1. The van der Waals surface area contributed by atoms with E-state index in [1.807, 2.05) is 36.1 Å². The largest absolute Gasteiger partial charge is 0.508 e. The Morgan fingerprint density at radius 1 is 1.12 bits per heavy atom. The highest BCUT2D eigenvalue weighted by molar-refractivity contribution is 5.81. The maximum Gasteiger partial charge on any atom is 0.223 e. The minimum absolute atomic E-state index is 0.237. The molecule has 2 aromatic rings. The Kier molecular flexibility index (Phi) is 7.87. The van der Waals surface area contributed by atoms with E-state index in [1.54, 1.807) is 0 Å². The maximum absolute atomic E-state index is 12.5. The van der Waals surface area contributed by atoms with Crippen LogP contribution < -0.4 is 10.6 Å². The van der Waals surface area contributed by atoms with Crippen LogP contribution in [0.5, 0.6) is 5.75 Å². The Morgan fingerprint density at radius 2 is 1.94 bits per heavy atom. The zero-order chi connectivity index (χ0) is 23.0. The molecule has 1 saturated heterocycles. The Morgan fingerprint density at radius 3 is 2.76 bits per heavy atom. The van der Waals surface area contributed by atoms with Gasteiger partial charge in [-0.2, -0.15) is 0 Å². The summed E-state index contributed by atoms with van der Waals surface area (Å²) in [5.41, 5.74) is 4.84. The molecule has 0 bridgehead atoms. The molecule has 33 heavy (non-hydrogen) atoms. The van der Waals surface area contributed by atoms with Gasteiger partial charge in [-0.25, -0.2) is 4.99 Å². The zero-order valence-corrected chi connectivity index (χ0v) is 19.6. The fourth-order valence-electron chi connectivity index (χ4n) is 4.92. The van der Waals surface area contributed by atoms with Gasteiger partial charge in [0.25, 0.3) is 0 Å². The fourth-order valence-corrected chi connectivity index (χ4v) is 4.92. The van der Waals surface area contributed by atoms with Crippen molar-refractivity contribution in [3.8, 4) is 5.75 Å². The second kappa shape index (κ2) is 11.2. The van der Waals surface area contributed by atoms with Crippen molar-refractivity contribution in [2.45, 2.75) is 52.0 Å². The summed E-state index contributed by atoms with van der Waals surface area (Å²) in [6.07, 6.45) is 5.95. The van der Waals surface area contributed by atoms with Gasteiger partial charge in [-0.05, 0) is 61.8 Å². The average molecular weight is 449 g/mol. The number of aromatic hydroxyl groups is 1. The number of hydrogen-bond donors (Lipinski definition) is 3. The van der Waals surface area contributed by atoms with Crippen LogP contribution >= 0.6 is 0 Å². The number of carbonyl (C=O) groups excluding carboxylic acids is 1. The summed E-state index contributed by atoms with van der Waals surface area (Å²) in [5.74, 6) is 1.58. The van der Waals surface area contributed by atoms with Crippen molar-refractivity contribution in [2.24, 2.45) is 10.9 Å². The van der Waals surface area contributed by atoms with Crippen LogP contribution in [-0.2, 0) is 30.6 Å². The summed E-state index contributed by atoms with van der Waals surface area (Å²) in [5, 5.41) is 17.2. The van der Waals surface area contributed by atoms with Crippen LogP contribution in [-0.4, -0.2) is 48.1 Å². The molecule has 0 aromatic heterocycles. The van der Waals surface area contributed by atoms with Crippen molar-refractivity contribution in [1.29, 1.82) is 0 Å². The number of hydrogen-bond acceptors (Lipinski definition) is 3. The van der Waals surface area contributed by atoms with Crippen LogP contribution in [0, 0.1) is 5.92 Å². The first-order valence-electron chi connectivity index (χ1n) is 12.3. The number of aryl methyl sites for hydroxylation is 1. The van der Waals surface area contributed by atoms with Crippen molar-refractivity contribution >= 4 is 11.9 Å². The molecule has 2 aromatic carbocycles. The summed E-state index contributed by atoms with van der Waals surface area (Å²) in [7, 11) is 0. The molecule has 176 valence electrons. The first-order chi connectivity index (χ1) is 16.1. The fraction of sp³-hybridized carbons (Fsp3) is 0.481. The molecule has 3 N–H and O–H groups in total. The minimum atomic E-state index is 0.237. The molecular formula is C27H36N4O2. The van der Waals surface area contributed by atoms with E-state index in [4.69, 9.17) is 4.99 Å². The highest BCUT2D eigenvalue weighted by atomic mass is 16.3. The van der Waals surface area contributed by atoms with Crippen LogP contribution in [0.4, 0.5) is 0 Å². The molecule has 6 nitrogen and oxygen atoms in total. The van der Waals surface area contributed by atoms with Gasteiger partial charge >= 0.3 is 0 Å². The molecule has 0 spiro atoms. The van der Waals surface area contributed by atoms with Crippen LogP contribution in [0.15, 0.2) is 47.5 Å². The number of phenols is 1. The number of guanidine groups is 1. The summed E-state index contributed by atoms with van der Waals surface area (Å²) in [6, 6.07) is 14.2. The minimum Gasteiger partial charge on any atom is -0.508 e. The first kappa shape index (κ1) is 23.1. The zero-order valence-electron chi connectivity index (χ0n) is 19.6. The smallest absolute Gasteiger partial charge is 0.223 e. The summed E-state index contributed by atoms with van der Waals surface area (Å²) < 4.78 is 0. The van der Waals surface area contributed by atoms with Crippen molar-refractivity contribution < 1.29 is 9.90 Å². The Bertz CT molecular complexity index is 974. The number of benzene rings is 2. The lowest BCUT2D eigenvalue weighted by Gasteiger charge is -2.20. The van der Waals surface area contributed by atoms with Gasteiger partial charge in [0.05, 0.1) is 6.54 Å². The highest BCUT2D eigenvalue weighted by Crippen LogP contribution is 2.31. The third kappa shape index (κ3) is 6.06. The van der Waals surface area contributed by atoms with E-state index in [2.05, 4.69) is 28.8 Å². The maximum atomic E-state index is 12.5. The molecule has 1 heterocycles. The standard InChI is InChI=1S/C27H36N4O2/c1-2-28-27(30-18-24-23-11-7-6-10-22(23)12-13-25(24)32)29-17-21-16-26(33)31(19-21)15-14-20-8-4-3-5-9-20/h3-5,8-9,12-13,21,32H,2,6-7,10-11,14-19H2,1H3,(H2,28,29,30). The van der Waals surface area contributed by atoms with E-state index < -0.39 is 0 Å². The van der Waals surface area contributed by atoms with E-state index in [9.17, 15) is 9.90 Å². The summed E-state index contributed by atoms with van der Waals surface area (Å²) in [6.45, 7) is 5.52. The van der Waals surface area contributed by atoms with Gasteiger partial charge in [-0.15, -0.1) is 0 Å². The topological polar surface area (TPSA) is 77.0 Å². The Hall–Kier alpha value is -3.02. The van der Waals surface area contributed by atoms with Gasteiger partial charge < -0.3 is 20.6 Å². The molecule has 1 amide bonds. The second-order valence-corrected chi connectivity index (χ2v) is 9.13. The van der Waals surface area contributed by atoms with Crippen molar-refractivity contribution in [3.05, 3.63) is 64.7 Å². The van der Waals surface area contributed by atoms with Crippen molar-refractivity contribution in [3.63, 3.8) is 0 Å². The van der Waals surface area contributed by atoms with E-state index in [0.717, 1.165) is 50.4 Å². The Labute approximate surface area is 197 Å². The van der Waals surface area contributed by atoms with Gasteiger partial charge in [-0.3, -0.25) is 4.79 Å². The van der Waals surface area contributed by atoms with Crippen LogP contribution in [0.2, 0.25) is 0 Å². The molecule has 1 fully saturated rings. The molecule has 0 saturated carbocycles. The quantitative estimate of drug-likeness (QED) is 0.427. The lowest BCUT2D eigenvalue weighted by molar-refractivity contribution is -0.127. The Balaban J connectivity index is 1.32. The molecular weight excluding hydrogens is 412 g/mol. The number of rotatable bonds is 8. The molecule has 6 heteroatoms. The second-order valence-electron chi connectivity index (χ2n) is 9.13. The average Bonchev–Trinajstić information content (AvgIpc) is 3.20. The first-order valence-corrected chi connectivity index (χ1v) is 12.3.